The fraction of sp³-hybridized carbons (Fsp3) is 0.923. The predicted octanol–water partition coefficient (Wildman–Crippen LogP) is 2.20. The number of hydrogen-bond donors (Lipinski definition) is 2. The molecular weight excluding hydrogens is 200 g/mol. The lowest BCUT2D eigenvalue weighted by Crippen LogP contribution is -2.40. The van der Waals surface area contributed by atoms with E-state index < -0.39 is 0 Å². The molecule has 0 aliphatic heterocycles. The van der Waals surface area contributed by atoms with E-state index in [0.29, 0.717) is 18.9 Å². The maximum Gasteiger partial charge on any atom is 0.220 e. The highest BCUT2D eigenvalue weighted by atomic mass is 16.1. The van der Waals surface area contributed by atoms with Crippen LogP contribution in [0.2, 0.25) is 0 Å². The van der Waals surface area contributed by atoms with E-state index in [-0.39, 0.29) is 11.9 Å². The minimum absolute atomic E-state index is 0.182. The zero-order valence-electron chi connectivity index (χ0n) is 10.5. The van der Waals surface area contributed by atoms with E-state index >= 15 is 0 Å². The van der Waals surface area contributed by atoms with E-state index in [1.54, 1.807) is 0 Å². The van der Waals surface area contributed by atoms with Crippen molar-refractivity contribution >= 4 is 5.91 Å². The van der Waals surface area contributed by atoms with Crippen molar-refractivity contribution in [3.05, 3.63) is 0 Å². The van der Waals surface area contributed by atoms with Gasteiger partial charge in [0.25, 0.3) is 0 Å². The maximum absolute atomic E-state index is 11.8. The van der Waals surface area contributed by atoms with Gasteiger partial charge in [-0.3, -0.25) is 4.79 Å². The molecule has 1 fully saturated rings. The predicted molar refractivity (Wildman–Crippen MR) is 67.1 cm³/mol. The molecule has 1 aliphatic rings. The van der Waals surface area contributed by atoms with Gasteiger partial charge in [-0.25, -0.2) is 0 Å². The van der Waals surface area contributed by atoms with Crippen molar-refractivity contribution in [2.45, 2.75) is 64.3 Å². The van der Waals surface area contributed by atoms with Crippen LogP contribution in [-0.4, -0.2) is 18.5 Å². The summed E-state index contributed by atoms with van der Waals surface area (Å²) in [5, 5.41) is 3.05. The summed E-state index contributed by atoms with van der Waals surface area (Å²) in [6.45, 7) is 2.68. The van der Waals surface area contributed by atoms with Gasteiger partial charge >= 0.3 is 0 Å². The number of carbonyl (C=O) groups excluding carboxylic acids is 1. The molecule has 3 nitrogen and oxygen atoms in total. The molecule has 3 N–H and O–H groups in total. The van der Waals surface area contributed by atoms with Crippen LogP contribution in [0.15, 0.2) is 0 Å². The molecule has 0 aromatic heterocycles. The molecule has 0 aromatic carbocycles. The molecule has 1 amide bonds. The summed E-state index contributed by atoms with van der Waals surface area (Å²) in [4.78, 5) is 11.8. The molecule has 1 rings (SSSR count). The highest BCUT2D eigenvalue weighted by Gasteiger charge is 2.18. The minimum Gasteiger partial charge on any atom is -0.352 e. The van der Waals surface area contributed by atoms with Gasteiger partial charge in [-0.05, 0) is 25.2 Å². The number of rotatable bonds is 6. The van der Waals surface area contributed by atoms with Crippen molar-refractivity contribution in [3.63, 3.8) is 0 Å². The molecule has 0 saturated heterocycles. The molecule has 1 unspecified atom stereocenters. The summed E-state index contributed by atoms with van der Waals surface area (Å²) in [5.41, 5.74) is 5.63. The molecule has 1 saturated carbocycles. The Labute approximate surface area is 99.2 Å². The lowest BCUT2D eigenvalue weighted by Gasteiger charge is -2.22. The Hall–Kier alpha value is -0.570. The summed E-state index contributed by atoms with van der Waals surface area (Å²) in [6.07, 6.45) is 9.18. The molecular formula is C13H26N2O. The van der Waals surface area contributed by atoms with Crippen molar-refractivity contribution in [1.82, 2.24) is 5.32 Å². The fourth-order valence-electron chi connectivity index (χ4n) is 2.54. The summed E-state index contributed by atoms with van der Waals surface area (Å²) in [6, 6.07) is 0.182. The van der Waals surface area contributed by atoms with Crippen LogP contribution in [0.5, 0.6) is 0 Å². The van der Waals surface area contributed by atoms with Crippen LogP contribution in [0.3, 0.4) is 0 Å². The highest BCUT2D eigenvalue weighted by Crippen LogP contribution is 2.26. The Morgan fingerprint density at radius 2 is 2.06 bits per heavy atom. The van der Waals surface area contributed by atoms with Crippen LogP contribution in [0, 0.1) is 5.92 Å². The van der Waals surface area contributed by atoms with Crippen molar-refractivity contribution in [3.8, 4) is 0 Å². The van der Waals surface area contributed by atoms with Crippen molar-refractivity contribution in [2.24, 2.45) is 11.7 Å². The Kier molecular flexibility index (Phi) is 6.46. The topological polar surface area (TPSA) is 55.1 Å². The number of nitrogens with two attached hydrogens (primary N) is 1. The zero-order chi connectivity index (χ0) is 11.8. The second-order valence-electron chi connectivity index (χ2n) is 5.00. The lowest BCUT2D eigenvalue weighted by molar-refractivity contribution is -0.122. The van der Waals surface area contributed by atoms with E-state index in [9.17, 15) is 4.79 Å². The molecule has 0 bridgehead atoms. The number of carbonyl (C=O) groups is 1. The molecule has 1 atom stereocenters. The van der Waals surface area contributed by atoms with Gasteiger partial charge in [0, 0.05) is 19.0 Å². The van der Waals surface area contributed by atoms with Crippen LogP contribution in [0.1, 0.15) is 58.3 Å². The van der Waals surface area contributed by atoms with Gasteiger partial charge in [-0.15, -0.1) is 0 Å². The molecule has 0 radical (unpaired) electrons. The van der Waals surface area contributed by atoms with Crippen LogP contribution >= 0.6 is 0 Å². The number of nitrogens with one attached hydrogen (secondary N) is 1. The van der Waals surface area contributed by atoms with Gasteiger partial charge in [0.15, 0.2) is 0 Å². The molecule has 16 heavy (non-hydrogen) atoms. The minimum atomic E-state index is 0.182. The molecule has 94 valence electrons. The zero-order valence-corrected chi connectivity index (χ0v) is 10.5. The van der Waals surface area contributed by atoms with Gasteiger partial charge < -0.3 is 11.1 Å². The fourth-order valence-corrected chi connectivity index (χ4v) is 2.54. The van der Waals surface area contributed by atoms with Gasteiger partial charge in [-0.1, -0.05) is 32.6 Å². The van der Waals surface area contributed by atoms with Gasteiger partial charge in [0.05, 0.1) is 0 Å². The number of amides is 1. The maximum atomic E-state index is 11.8. The molecule has 0 aromatic rings. The first kappa shape index (κ1) is 13.5. The summed E-state index contributed by atoms with van der Waals surface area (Å²) in [7, 11) is 0. The van der Waals surface area contributed by atoms with Crippen LogP contribution in [0.25, 0.3) is 0 Å². The Morgan fingerprint density at radius 3 is 2.62 bits per heavy atom. The average molecular weight is 226 g/mol. The third-order valence-electron chi connectivity index (χ3n) is 3.49. The van der Waals surface area contributed by atoms with Crippen LogP contribution in [0.4, 0.5) is 0 Å². The lowest BCUT2D eigenvalue weighted by atomic mass is 9.87. The third kappa shape index (κ3) is 4.97. The highest BCUT2D eigenvalue weighted by molar-refractivity contribution is 5.76. The Bertz CT molecular complexity index is 191. The number of hydrogen-bond acceptors (Lipinski definition) is 2. The van der Waals surface area contributed by atoms with Crippen molar-refractivity contribution in [1.29, 1.82) is 0 Å². The average Bonchev–Trinajstić information content (AvgIpc) is 2.29. The molecule has 0 spiro atoms. The first-order valence-electron chi connectivity index (χ1n) is 6.75. The first-order valence-corrected chi connectivity index (χ1v) is 6.75. The quantitative estimate of drug-likeness (QED) is 0.729. The third-order valence-corrected chi connectivity index (χ3v) is 3.49. The summed E-state index contributed by atoms with van der Waals surface area (Å²) >= 11 is 0. The Balaban J connectivity index is 2.22. The van der Waals surface area contributed by atoms with Crippen LogP contribution < -0.4 is 11.1 Å². The van der Waals surface area contributed by atoms with E-state index in [4.69, 9.17) is 5.73 Å². The van der Waals surface area contributed by atoms with E-state index in [2.05, 4.69) is 12.2 Å². The monoisotopic (exact) mass is 226 g/mol. The second-order valence-corrected chi connectivity index (χ2v) is 5.00. The molecule has 0 heterocycles. The van der Waals surface area contributed by atoms with E-state index in [1.807, 2.05) is 0 Å². The second kappa shape index (κ2) is 7.66. The van der Waals surface area contributed by atoms with Gasteiger partial charge in [-0.2, -0.15) is 0 Å². The molecule has 1 aliphatic carbocycles. The normalized spacial score (nSPS) is 19.4. The Morgan fingerprint density at radius 1 is 1.38 bits per heavy atom. The summed E-state index contributed by atoms with van der Waals surface area (Å²) in [5.74, 6) is 0.824. The van der Waals surface area contributed by atoms with Crippen molar-refractivity contribution < 1.29 is 4.79 Å². The summed E-state index contributed by atoms with van der Waals surface area (Å²) < 4.78 is 0. The van der Waals surface area contributed by atoms with Crippen LogP contribution in [-0.2, 0) is 4.79 Å². The van der Waals surface area contributed by atoms with E-state index in [0.717, 1.165) is 12.8 Å². The van der Waals surface area contributed by atoms with Gasteiger partial charge in [0.2, 0.25) is 5.91 Å². The largest absolute Gasteiger partial charge is 0.352 e. The first-order chi connectivity index (χ1) is 7.76. The van der Waals surface area contributed by atoms with Crippen molar-refractivity contribution in [2.75, 3.05) is 6.54 Å². The standard InChI is InChI=1S/C13H26N2O/c1-2-6-12(10-14)15-13(16)9-11-7-4-3-5-8-11/h11-12H,2-10,14H2,1H3,(H,15,16). The molecule has 3 heteroatoms. The smallest absolute Gasteiger partial charge is 0.220 e. The SMILES string of the molecule is CCCC(CN)NC(=O)CC1CCCCC1. The van der Waals surface area contributed by atoms with Gasteiger partial charge in [0.1, 0.15) is 0 Å². The van der Waals surface area contributed by atoms with E-state index in [1.165, 1.54) is 32.1 Å².